The molecule has 18 heavy (non-hydrogen) atoms. The van der Waals surface area contributed by atoms with Crippen molar-refractivity contribution in [3.05, 3.63) is 35.9 Å². The molecule has 0 bridgehead atoms. The zero-order valence-electron chi connectivity index (χ0n) is 10.1. The topological polar surface area (TPSA) is 86.8 Å². The Kier molecular flexibility index (Phi) is 3.96. The molecule has 1 amide bonds. The highest BCUT2D eigenvalue weighted by Gasteiger charge is 2.36. The van der Waals surface area contributed by atoms with E-state index in [9.17, 15) is 15.0 Å². The number of rotatable bonds is 3. The lowest BCUT2D eigenvalue weighted by molar-refractivity contribution is -0.143. The summed E-state index contributed by atoms with van der Waals surface area (Å²) >= 11 is 0. The van der Waals surface area contributed by atoms with Gasteiger partial charge >= 0.3 is 0 Å². The predicted octanol–water partition coefficient (Wildman–Crippen LogP) is -0.532. The Hall–Kier alpha value is -1.43. The molecule has 1 aliphatic heterocycles. The lowest BCUT2D eigenvalue weighted by atomic mass is 10.1. The first kappa shape index (κ1) is 13.0. The third kappa shape index (κ3) is 2.69. The average molecular weight is 250 g/mol. The first-order valence-corrected chi connectivity index (χ1v) is 6.05. The molecule has 5 heteroatoms. The maximum absolute atomic E-state index is 12.0. The van der Waals surface area contributed by atoms with Crippen LogP contribution in [-0.4, -0.2) is 45.9 Å². The Morgan fingerprint density at radius 3 is 2.61 bits per heavy atom. The summed E-state index contributed by atoms with van der Waals surface area (Å²) in [4.78, 5) is 13.3. The first-order valence-electron chi connectivity index (χ1n) is 6.05. The third-order valence-corrected chi connectivity index (χ3v) is 3.23. The number of hydrogen-bond donors (Lipinski definition) is 3. The smallest absolute Gasteiger partial charge is 0.241 e. The van der Waals surface area contributed by atoms with Crippen LogP contribution in [0, 0.1) is 0 Å². The quantitative estimate of drug-likeness (QED) is 0.673. The number of benzene rings is 1. The molecule has 1 saturated heterocycles. The van der Waals surface area contributed by atoms with Crippen molar-refractivity contribution in [1.29, 1.82) is 0 Å². The standard InChI is InChI=1S/C13H18N2O3/c14-10(8-9-4-2-1-3-5-9)12(17)15-7-6-11(16)13(15)18/h1-5,10-11,13,16,18H,6-8,14H2/t10?,11-,13?/m1/s1. The summed E-state index contributed by atoms with van der Waals surface area (Å²) in [6.07, 6.45) is -1.17. The SMILES string of the molecule is NC(Cc1ccccc1)C(=O)N1CC[C@@H](O)C1O. The molecule has 5 nitrogen and oxygen atoms in total. The molecule has 0 aliphatic carbocycles. The highest BCUT2D eigenvalue weighted by molar-refractivity contribution is 5.82. The van der Waals surface area contributed by atoms with Crippen LogP contribution < -0.4 is 5.73 Å². The van der Waals surface area contributed by atoms with Gasteiger partial charge in [0, 0.05) is 6.54 Å². The number of aliphatic hydroxyl groups excluding tert-OH is 2. The van der Waals surface area contributed by atoms with Crippen LogP contribution in [0.15, 0.2) is 30.3 Å². The van der Waals surface area contributed by atoms with Crippen molar-refractivity contribution in [3.8, 4) is 0 Å². The van der Waals surface area contributed by atoms with Gasteiger partial charge in [0.05, 0.1) is 6.04 Å². The minimum Gasteiger partial charge on any atom is -0.388 e. The minimum atomic E-state index is -1.13. The number of aliphatic hydroxyl groups is 2. The van der Waals surface area contributed by atoms with E-state index < -0.39 is 18.4 Å². The Morgan fingerprint density at radius 1 is 1.39 bits per heavy atom. The molecular formula is C13H18N2O3. The second-order valence-electron chi connectivity index (χ2n) is 4.60. The lowest BCUT2D eigenvalue weighted by Crippen LogP contribution is -2.48. The summed E-state index contributed by atoms with van der Waals surface area (Å²) in [7, 11) is 0. The summed E-state index contributed by atoms with van der Waals surface area (Å²) in [5.41, 5.74) is 6.83. The molecule has 1 fully saturated rings. The van der Waals surface area contributed by atoms with Crippen LogP contribution >= 0.6 is 0 Å². The lowest BCUT2D eigenvalue weighted by Gasteiger charge is -2.24. The fourth-order valence-electron chi connectivity index (χ4n) is 2.17. The summed E-state index contributed by atoms with van der Waals surface area (Å²) < 4.78 is 0. The maximum Gasteiger partial charge on any atom is 0.241 e. The van der Waals surface area contributed by atoms with Gasteiger partial charge < -0.3 is 20.8 Å². The van der Waals surface area contributed by atoms with E-state index in [4.69, 9.17) is 5.73 Å². The summed E-state index contributed by atoms with van der Waals surface area (Å²) in [5.74, 6) is -0.317. The molecule has 98 valence electrons. The van der Waals surface area contributed by atoms with Crippen molar-refractivity contribution in [2.75, 3.05) is 6.54 Å². The van der Waals surface area contributed by atoms with Crippen molar-refractivity contribution in [2.24, 2.45) is 5.73 Å². The van der Waals surface area contributed by atoms with Crippen LogP contribution in [-0.2, 0) is 11.2 Å². The normalized spacial score (nSPS) is 25.2. The molecular weight excluding hydrogens is 232 g/mol. The maximum atomic E-state index is 12.0. The summed E-state index contributed by atoms with van der Waals surface area (Å²) in [6, 6.07) is 8.80. The molecule has 2 unspecified atom stereocenters. The number of carbonyl (C=O) groups excluding carboxylic acids is 1. The van der Waals surface area contributed by atoms with Gasteiger partial charge in [0.25, 0.3) is 0 Å². The molecule has 1 heterocycles. The van der Waals surface area contributed by atoms with Gasteiger partial charge in [-0.2, -0.15) is 0 Å². The molecule has 1 aromatic rings. The number of nitrogens with two attached hydrogens (primary N) is 1. The fraction of sp³-hybridized carbons (Fsp3) is 0.462. The second kappa shape index (κ2) is 5.48. The van der Waals surface area contributed by atoms with E-state index in [-0.39, 0.29) is 5.91 Å². The molecule has 0 saturated carbocycles. The molecule has 4 N–H and O–H groups in total. The van der Waals surface area contributed by atoms with Crippen molar-refractivity contribution in [3.63, 3.8) is 0 Å². The van der Waals surface area contributed by atoms with Gasteiger partial charge in [0.15, 0.2) is 6.23 Å². The van der Waals surface area contributed by atoms with E-state index in [0.29, 0.717) is 19.4 Å². The monoisotopic (exact) mass is 250 g/mol. The van der Waals surface area contributed by atoms with Crippen LogP contribution in [0.1, 0.15) is 12.0 Å². The molecule has 1 aromatic carbocycles. The molecule has 0 aromatic heterocycles. The average Bonchev–Trinajstić information content (AvgIpc) is 2.70. The van der Waals surface area contributed by atoms with Gasteiger partial charge in [-0.05, 0) is 18.4 Å². The molecule has 0 radical (unpaired) electrons. The number of amides is 1. The number of carbonyl (C=O) groups is 1. The Balaban J connectivity index is 1.97. The van der Waals surface area contributed by atoms with Gasteiger partial charge in [-0.1, -0.05) is 30.3 Å². The van der Waals surface area contributed by atoms with Gasteiger partial charge in [-0.15, -0.1) is 0 Å². The highest BCUT2D eigenvalue weighted by Crippen LogP contribution is 2.17. The van der Waals surface area contributed by atoms with Crippen molar-refractivity contribution in [1.82, 2.24) is 4.90 Å². The fourth-order valence-corrected chi connectivity index (χ4v) is 2.17. The van der Waals surface area contributed by atoms with Crippen molar-refractivity contribution < 1.29 is 15.0 Å². The summed E-state index contributed by atoms with van der Waals surface area (Å²) in [6.45, 7) is 0.351. The van der Waals surface area contributed by atoms with Gasteiger partial charge in [0.2, 0.25) is 5.91 Å². The van der Waals surface area contributed by atoms with E-state index in [0.717, 1.165) is 5.56 Å². The van der Waals surface area contributed by atoms with Crippen LogP contribution in [0.4, 0.5) is 0 Å². The zero-order valence-corrected chi connectivity index (χ0v) is 10.1. The van der Waals surface area contributed by atoms with Crippen molar-refractivity contribution in [2.45, 2.75) is 31.2 Å². The van der Waals surface area contributed by atoms with Crippen LogP contribution in [0.5, 0.6) is 0 Å². The van der Waals surface area contributed by atoms with E-state index in [2.05, 4.69) is 0 Å². The Labute approximate surface area is 106 Å². The van der Waals surface area contributed by atoms with Gasteiger partial charge in [-0.25, -0.2) is 0 Å². The molecule has 3 atom stereocenters. The molecule has 0 spiro atoms. The second-order valence-corrected chi connectivity index (χ2v) is 4.60. The largest absolute Gasteiger partial charge is 0.388 e. The van der Waals surface area contributed by atoms with Crippen LogP contribution in [0.3, 0.4) is 0 Å². The van der Waals surface area contributed by atoms with Crippen molar-refractivity contribution >= 4 is 5.91 Å². The molecule has 2 rings (SSSR count). The number of hydrogen-bond acceptors (Lipinski definition) is 4. The first-order chi connectivity index (χ1) is 8.59. The van der Waals surface area contributed by atoms with E-state index in [1.807, 2.05) is 30.3 Å². The number of likely N-dealkylation sites (tertiary alicyclic amines) is 1. The zero-order chi connectivity index (χ0) is 13.1. The summed E-state index contributed by atoms with van der Waals surface area (Å²) in [5, 5.41) is 19.0. The Bertz CT molecular complexity index is 410. The van der Waals surface area contributed by atoms with Crippen LogP contribution in [0.2, 0.25) is 0 Å². The predicted molar refractivity (Wildman–Crippen MR) is 66.5 cm³/mol. The molecule has 1 aliphatic rings. The Morgan fingerprint density at radius 2 is 2.06 bits per heavy atom. The van der Waals surface area contributed by atoms with Gasteiger partial charge in [0.1, 0.15) is 6.10 Å². The minimum absolute atomic E-state index is 0.317. The van der Waals surface area contributed by atoms with E-state index in [1.165, 1.54) is 4.90 Å². The van der Waals surface area contributed by atoms with E-state index >= 15 is 0 Å². The van der Waals surface area contributed by atoms with E-state index in [1.54, 1.807) is 0 Å². The van der Waals surface area contributed by atoms with Crippen LogP contribution in [0.25, 0.3) is 0 Å². The highest BCUT2D eigenvalue weighted by atomic mass is 16.3. The third-order valence-electron chi connectivity index (χ3n) is 3.23. The number of nitrogens with zero attached hydrogens (tertiary/aromatic N) is 1. The van der Waals surface area contributed by atoms with Gasteiger partial charge in [-0.3, -0.25) is 4.79 Å².